The quantitative estimate of drug-likeness (QED) is 0.731. The summed E-state index contributed by atoms with van der Waals surface area (Å²) in [6.07, 6.45) is 1.95. The van der Waals surface area contributed by atoms with Gasteiger partial charge in [-0.15, -0.1) is 11.3 Å². The molecule has 6 nitrogen and oxygen atoms in total. The summed E-state index contributed by atoms with van der Waals surface area (Å²) in [5.41, 5.74) is 2.05. The number of anilines is 1. The molecule has 1 aliphatic rings. The van der Waals surface area contributed by atoms with E-state index in [2.05, 4.69) is 28.6 Å². The van der Waals surface area contributed by atoms with Crippen LogP contribution < -0.4 is 10.6 Å². The van der Waals surface area contributed by atoms with Crippen LogP contribution in [-0.4, -0.2) is 56.1 Å². The predicted molar refractivity (Wildman–Crippen MR) is 117 cm³/mol. The van der Waals surface area contributed by atoms with E-state index in [4.69, 9.17) is 16.3 Å². The number of hydrogen-bond acceptors (Lipinski definition) is 5. The van der Waals surface area contributed by atoms with Crippen LogP contribution in [0.1, 0.15) is 27.7 Å². The number of nitrogens with zero attached hydrogens (tertiary/aromatic N) is 1. The molecule has 0 spiro atoms. The second-order valence-electron chi connectivity index (χ2n) is 7.56. The number of thiophene rings is 1. The Morgan fingerprint density at radius 3 is 2.59 bits per heavy atom. The summed E-state index contributed by atoms with van der Waals surface area (Å²) in [4.78, 5) is 28.4. The Hall–Kier alpha value is -1.93. The third-order valence-corrected chi connectivity index (χ3v) is 6.34. The van der Waals surface area contributed by atoms with Gasteiger partial charge in [0.2, 0.25) is 0 Å². The van der Waals surface area contributed by atoms with Crippen LogP contribution >= 0.6 is 22.9 Å². The molecule has 0 radical (unpaired) electrons. The highest BCUT2D eigenvalue weighted by Crippen LogP contribution is 2.23. The van der Waals surface area contributed by atoms with E-state index in [0.29, 0.717) is 14.9 Å². The summed E-state index contributed by atoms with van der Waals surface area (Å²) in [5, 5.41) is 5.73. The molecule has 1 aromatic heterocycles. The van der Waals surface area contributed by atoms with Gasteiger partial charge in [0.1, 0.15) is 5.54 Å². The summed E-state index contributed by atoms with van der Waals surface area (Å²) in [6.45, 7) is 3.71. The maximum atomic E-state index is 13.0. The van der Waals surface area contributed by atoms with Gasteiger partial charge in [-0.3, -0.25) is 9.59 Å². The van der Waals surface area contributed by atoms with Crippen molar-refractivity contribution in [3.05, 3.63) is 50.7 Å². The Morgan fingerprint density at radius 1 is 1.21 bits per heavy atom. The van der Waals surface area contributed by atoms with Crippen LogP contribution in [0.4, 0.5) is 5.69 Å². The highest BCUT2D eigenvalue weighted by Gasteiger charge is 2.36. The molecule has 2 heterocycles. The summed E-state index contributed by atoms with van der Waals surface area (Å²) >= 11 is 7.08. The van der Waals surface area contributed by atoms with E-state index in [-0.39, 0.29) is 18.4 Å². The minimum absolute atomic E-state index is 0.0411. The molecule has 0 aliphatic carbocycles. The molecule has 0 saturated carbocycles. The van der Waals surface area contributed by atoms with Gasteiger partial charge in [0.25, 0.3) is 11.8 Å². The van der Waals surface area contributed by atoms with E-state index in [1.807, 2.05) is 12.1 Å². The first-order valence-corrected chi connectivity index (χ1v) is 10.7. The van der Waals surface area contributed by atoms with Crippen molar-refractivity contribution in [3.8, 4) is 0 Å². The molecule has 156 valence electrons. The molecule has 0 bridgehead atoms. The van der Waals surface area contributed by atoms with E-state index in [1.54, 1.807) is 19.1 Å². The lowest BCUT2D eigenvalue weighted by atomic mass is 10.00. The molecule has 0 fully saturated rings. The maximum absolute atomic E-state index is 13.0. The highest BCUT2D eigenvalue weighted by molar-refractivity contribution is 7.18. The number of hydrogen-bond donors (Lipinski definition) is 2. The van der Waals surface area contributed by atoms with Crippen molar-refractivity contribution in [2.24, 2.45) is 0 Å². The summed E-state index contributed by atoms with van der Waals surface area (Å²) in [7, 11) is 3.62. The Bertz CT molecular complexity index is 901. The van der Waals surface area contributed by atoms with Crippen LogP contribution in [0.25, 0.3) is 0 Å². The first kappa shape index (κ1) is 21.8. The number of nitrogens with one attached hydrogen (secondary N) is 2. The van der Waals surface area contributed by atoms with E-state index >= 15 is 0 Å². The molecule has 2 N–H and O–H groups in total. The number of amides is 2. The summed E-state index contributed by atoms with van der Waals surface area (Å²) in [5.74, 6) is -0.692. The first-order chi connectivity index (χ1) is 13.8. The minimum Gasteiger partial charge on any atom is -0.382 e. The number of ether oxygens (including phenoxy) is 1. The molecule has 2 amide bonds. The van der Waals surface area contributed by atoms with Crippen molar-refractivity contribution in [1.82, 2.24) is 10.2 Å². The molecular formula is C21H26ClN3O3S. The van der Waals surface area contributed by atoms with Crippen molar-refractivity contribution in [3.63, 3.8) is 0 Å². The molecule has 1 atom stereocenters. The predicted octanol–water partition coefficient (Wildman–Crippen LogP) is 3.21. The normalized spacial score (nSPS) is 16.4. The van der Waals surface area contributed by atoms with Gasteiger partial charge >= 0.3 is 0 Å². The Balaban J connectivity index is 1.74. The van der Waals surface area contributed by atoms with Crippen molar-refractivity contribution in [1.29, 1.82) is 0 Å². The average Bonchev–Trinajstić information content (AvgIpc) is 3.03. The summed E-state index contributed by atoms with van der Waals surface area (Å²) in [6, 6.07) is 9.31. The molecule has 2 aromatic rings. The van der Waals surface area contributed by atoms with Crippen LogP contribution in [-0.2, 0) is 22.4 Å². The van der Waals surface area contributed by atoms with Gasteiger partial charge in [-0.05, 0) is 62.2 Å². The number of fused-ring (bicyclic) bond motifs is 1. The van der Waals surface area contributed by atoms with Crippen molar-refractivity contribution < 1.29 is 14.3 Å². The number of halogens is 1. The van der Waals surface area contributed by atoms with Gasteiger partial charge < -0.3 is 20.3 Å². The fourth-order valence-corrected chi connectivity index (χ4v) is 4.32. The van der Waals surface area contributed by atoms with Gasteiger partial charge in [0, 0.05) is 25.9 Å². The van der Waals surface area contributed by atoms with Crippen LogP contribution in [0.15, 0.2) is 30.3 Å². The monoisotopic (exact) mass is 435 g/mol. The molecular weight excluding hydrogens is 410 g/mol. The third kappa shape index (κ3) is 5.36. The highest BCUT2D eigenvalue weighted by atomic mass is 35.5. The number of carbonyl (C=O) groups is 2. The summed E-state index contributed by atoms with van der Waals surface area (Å²) < 4.78 is 5.74. The van der Waals surface area contributed by atoms with Crippen LogP contribution in [0.5, 0.6) is 0 Å². The van der Waals surface area contributed by atoms with E-state index in [0.717, 1.165) is 37.3 Å². The molecule has 8 heteroatoms. The zero-order valence-corrected chi connectivity index (χ0v) is 18.5. The smallest absolute Gasteiger partial charge is 0.262 e. The Kier molecular flexibility index (Phi) is 6.95. The van der Waals surface area contributed by atoms with E-state index < -0.39 is 5.54 Å². The fourth-order valence-electron chi connectivity index (χ4n) is 3.38. The van der Waals surface area contributed by atoms with Crippen LogP contribution in [0.2, 0.25) is 4.34 Å². The number of rotatable bonds is 6. The zero-order chi connectivity index (χ0) is 21.0. The lowest BCUT2D eigenvalue weighted by Crippen LogP contribution is -2.57. The lowest BCUT2D eigenvalue weighted by molar-refractivity contribution is -0.123. The van der Waals surface area contributed by atoms with Crippen molar-refractivity contribution >= 4 is 40.4 Å². The molecule has 1 aromatic carbocycles. The lowest BCUT2D eigenvalue weighted by Gasteiger charge is -2.28. The topological polar surface area (TPSA) is 70.7 Å². The van der Waals surface area contributed by atoms with Gasteiger partial charge in [0.15, 0.2) is 0 Å². The first-order valence-electron chi connectivity index (χ1n) is 9.49. The standard InChI is InChI=1S/C21H26ClN3O3S/c1-21(13-28-3,24-19(26)17-6-7-18(22)29-17)20(27)23-16-5-4-14-8-10-25(2)11-9-15(14)12-16/h4-7,12H,8-11,13H2,1-3H3,(H,23,27)(H,24,26)/t21-/m1/s1. The molecule has 0 unspecified atom stereocenters. The average molecular weight is 436 g/mol. The van der Waals surface area contributed by atoms with Gasteiger partial charge in [-0.25, -0.2) is 0 Å². The Morgan fingerprint density at radius 2 is 1.93 bits per heavy atom. The fraction of sp³-hybridized carbons (Fsp3) is 0.429. The second-order valence-corrected chi connectivity index (χ2v) is 9.28. The second kappa shape index (κ2) is 9.26. The maximum Gasteiger partial charge on any atom is 0.262 e. The largest absolute Gasteiger partial charge is 0.382 e. The van der Waals surface area contributed by atoms with Crippen LogP contribution in [0, 0.1) is 0 Å². The van der Waals surface area contributed by atoms with Crippen LogP contribution in [0.3, 0.4) is 0 Å². The molecule has 3 rings (SSSR count). The number of likely N-dealkylation sites (N-methyl/N-ethyl adjacent to an activating group) is 1. The van der Waals surface area contributed by atoms with Crippen molar-refractivity contribution in [2.75, 3.05) is 39.2 Å². The molecule has 0 saturated heterocycles. The van der Waals surface area contributed by atoms with Gasteiger partial charge in [0.05, 0.1) is 15.8 Å². The number of carbonyl (C=O) groups excluding carboxylic acids is 2. The van der Waals surface area contributed by atoms with Crippen molar-refractivity contribution in [2.45, 2.75) is 25.3 Å². The SMILES string of the molecule is COC[C@@](C)(NC(=O)c1ccc(Cl)s1)C(=O)Nc1ccc2c(c1)CCN(C)CC2. The third-order valence-electron chi connectivity index (χ3n) is 5.11. The van der Waals surface area contributed by atoms with Gasteiger partial charge in [-0.2, -0.15) is 0 Å². The van der Waals surface area contributed by atoms with Gasteiger partial charge in [-0.1, -0.05) is 17.7 Å². The number of benzene rings is 1. The zero-order valence-electron chi connectivity index (χ0n) is 16.9. The minimum atomic E-state index is -1.23. The number of methoxy groups -OCH3 is 1. The Labute approximate surface area is 180 Å². The van der Waals surface area contributed by atoms with E-state index in [9.17, 15) is 9.59 Å². The molecule has 1 aliphatic heterocycles. The van der Waals surface area contributed by atoms with E-state index in [1.165, 1.54) is 18.2 Å². The molecule has 29 heavy (non-hydrogen) atoms.